The molecular formula is C42H38F4. The molecule has 6 aromatic rings. The highest BCUT2D eigenvalue weighted by Crippen LogP contribution is 2.27. The molecule has 0 amide bonds. The first-order chi connectivity index (χ1) is 21.9. The minimum Gasteiger partial charge on any atom is -0.207 e. The van der Waals surface area contributed by atoms with Gasteiger partial charge in [0.2, 0.25) is 0 Å². The van der Waals surface area contributed by atoms with Crippen molar-refractivity contribution in [3.63, 3.8) is 0 Å². The molecule has 0 aliphatic carbocycles. The van der Waals surface area contributed by atoms with Gasteiger partial charge in [-0.05, 0) is 105 Å². The van der Waals surface area contributed by atoms with Crippen molar-refractivity contribution in [2.24, 2.45) is 0 Å². The molecule has 6 rings (SSSR count). The third-order valence-corrected chi connectivity index (χ3v) is 7.58. The molecule has 0 atom stereocenters. The van der Waals surface area contributed by atoms with Gasteiger partial charge in [-0.2, -0.15) is 0 Å². The van der Waals surface area contributed by atoms with Crippen molar-refractivity contribution >= 4 is 0 Å². The van der Waals surface area contributed by atoms with Gasteiger partial charge in [0.05, 0.1) is 0 Å². The molecule has 0 nitrogen and oxygen atoms in total. The van der Waals surface area contributed by atoms with Gasteiger partial charge in [0.1, 0.15) is 23.3 Å². The predicted molar refractivity (Wildman–Crippen MR) is 184 cm³/mol. The van der Waals surface area contributed by atoms with Crippen LogP contribution < -0.4 is 0 Å². The van der Waals surface area contributed by atoms with E-state index >= 15 is 0 Å². The fraction of sp³-hybridized carbons (Fsp3) is 0.143. The summed E-state index contributed by atoms with van der Waals surface area (Å²) in [5, 5.41) is 0. The molecule has 46 heavy (non-hydrogen) atoms. The van der Waals surface area contributed by atoms with Crippen LogP contribution in [0.2, 0.25) is 0 Å². The van der Waals surface area contributed by atoms with Gasteiger partial charge in [-0.3, -0.25) is 0 Å². The lowest BCUT2D eigenvalue weighted by Gasteiger charge is -2.06. The summed E-state index contributed by atoms with van der Waals surface area (Å²) < 4.78 is 54.3. The van der Waals surface area contributed by atoms with E-state index in [2.05, 4.69) is 0 Å². The first-order valence-corrected chi connectivity index (χ1v) is 15.1. The molecule has 234 valence electrons. The number of benzene rings is 6. The van der Waals surface area contributed by atoms with Gasteiger partial charge in [0.25, 0.3) is 0 Å². The van der Waals surface area contributed by atoms with Crippen LogP contribution in [-0.4, -0.2) is 0 Å². The number of aryl methyl sites for hydroxylation is 6. The maximum atomic E-state index is 13.7. The zero-order valence-corrected chi connectivity index (χ0v) is 27.1. The minimum absolute atomic E-state index is 0.145. The maximum absolute atomic E-state index is 13.7. The summed E-state index contributed by atoms with van der Waals surface area (Å²) in [5.41, 5.74) is 9.89. The van der Waals surface area contributed by atoms with Gasteiger partial charge in [-0.15, -0.1) is 0 Å². The topological polar surface area (TPSA) is 0 Å². The average molecular weight is 619 g/mol. The Morgan fingerprint density at radius 2 is 0.630 bits per heavy atom. The SMILES string of the molecule is Cc1ccc(-c2ccc(C)c(F)c2)cc1.Cc1ccc(-c2ccc(C)cc2F)c(F)c1.Cc1ccc(-c2ccc(C)cc2F)cc1. The van der Waals surface area contributed by atoms with E-state index < -0.39 is 0 Å². The minimum atomic E-state index is -0.386. The van der Waals surface area contributed by atoms with E-state index in [0.29, 0.717) is 22.3 Å². The molecule has 0 aliphatic rings. The van der Waals surface area contributed by atoms with Gasteiger partial charge in [-0.1, -0.05) is 108 Å². The van der Waals surface area contributed by atoms with E-state index in [9.17, 15) is 17.6 Å². The summed E-state index contributed by atoms with van der Waals surface area (Å²) in [5.74, 6) is -1.07. The predicted octanol–water partition coefficient (Wildman–Crippen LogP) is 12.5. The van der Waals surface area contributed by atoms with Gasteiger partial charge in [0.15, 0.2) is 0 Å². The monoisotopic (exact) mass is 618 g/mol. The lowest BCUT2D eigenvalue weighted by Crippen LogP contribution is -1.90. The van der Waals surface area contributed by atoms with Crippen LogP contribution in [-0.2, 0) is 0 Å². The van der Waals surface area contributed by atoms with E-state index in [1.54, 1.807) is 57.2 Å². The van der Waals surface area contributed by atoms with E-state index in [1.165, 1.54) is 23.3 Å². The standard InChI is InChI=1S/C14H12F2.2C14H13F/c1-9-3-5-11(13(15)7-9)12-6-4-10(2)8-14(12)16;1-10-3-6-12(7-4-10)13-8-5-11(2)14(15)9-13;1-10-3-6-12(7-4-10)13-8-5-11(2)9-14(13)15/h3-8H,1-2H3;2*3-9H,1-2H3. The van der Waals surface area contributed by atoms with Crippen molar-refractivity contribution in [3.05, 3.63) is 178 Å². The molecule has 0 bridgehead atoms. The van der Waals surface area contributed by atoms with Crippen LogP contribution in [0.4, 0.5) is 17.6 Å². The average Bonchev–Trinajstić information content (AvgIpc) is 3.01. The quantitative estimate of drug-likeness (QED) is 0.173. The molecule has 0 aliphatic heterocycles. The van der Waals surface area contributed by atoms with Crippen LogP contribution in [0, 0.1) is 64.8 Å². The van der Waals surface area contributed by atoms with Crippen molar-refractivity contribution in [2.75, 3.05) is 0 Å². The molecule has 0 saturated heterocycles. The fourth-order valence-corrected chi connectivity index (χ4v) is 4.78. The highest BCUT2D eigenvalue weighted by atomic mass is 19.1. The molecule has 6 aromatic carbocycles. The Labute approximate surface area is 270 Å². The molecule has 0 fully saturated rings. The Hall–Kier alpha value is -4.96. The van der Waals surface area contributed by atoms with E-state index in [0.717, 1.165) is 33.4 Å². The van der Waals surface area contributed by atoms with Gasteiger partial charge >= 0.3 is 0 Å². The van der Waals surface area contributed by atoms with Gasteiger partial charge in [-0.25, -0.2) is 17.6 Å². The number of rotatable bonds is 3. The maximum Gasteiger partial charge on any atom is 0.131 e. The Morgan fingerprint density at radius 1 is 0.283 bits per heavy atom. The fourth-order valence-electron chi connectivity index (χ4n) is 4.78. The third-order valence-electron chi connectivity index (χ3n) is 7.58. The van der Waals surface area contributed by atoms with Crippen molar-refractivity contribution in [3.8, 4) is 33.4 Å². The highest BCUT2D eigenvalue weighted by molar-refractivity contribution is 5.66. The van der Waals surface area contributed by atoms with Crippen LogP contribution in [0.5, 0.6) is 0 Å². The molecule has 0 radical (unpaired) electrons. The summed E-state index contributed by atoms with van der Waals surface area (Å²) in [6.45, 7) is 11.3. The second-order valence-corrected chi connectivity index (χ2v) is 11.6. The molecular weight excluding hydrogens is 580 g/mol. The van der Waals surface area contributed by atoms with E-state index in [4.69, 9.17) is 0 Å². The Kier molecular flexibility index (Phi) is 11.3. The van der Waals surface area contributed by atoms with Gasteiger partial charge < -0.3 is 0 Å². The number of hydrogen-bond donors (Lipinski definition) is 0. The summed E-state index contributed by atoms with van der Waals surface area (Å²) >= 11 is 0. The van der Waals surface area contributed by atoms with Crippen LogP contribution in [0.15, 0.2) is 121 Å². The van der Waals surface area contributed by atoms with Crippen molar-refractivity contribution in [1.29, 1.82) is 0 Å². The first kappa shape index (κ1) is 33.9. The summed E-state index contributed by atoms with van der Waals surface area (Å²) in [6.07, 6.45) is 0. The van der Waals surface area contributed by atoms with Crippen molar-refractivity contribution < 1.29 is 17.6 Å². The normalized spacial score (nSPS) is 10.4. The smallest absolute Gasteiger partial charge is 0.131 e. The molecule has 0 saturated carbocycles. The van der Waals surface area contributed by atoms with Crippen LogP contribution >= 0.6 is 0 Å². The summed E-state index contributed by atoms with van der Waals surface area (Å²) in [7, 11) is 0. The zero-order chi connectivity index (χ0) is 33.4. The summed E-state index contributed by atoms with van der Waals surface area (Å²) in [4.78, 5) is 0. The van der Waals surface area contributed by atoms with Crippen molar-refractivity contribution in [2.45, 2.75) is 41.5 Å². The molecule has 0 aromatic heterocycles. The van der Waals surface area contributed by atoms with E-state index in [1.807, 2.05) is 93.6 Å². The molecule has 0 heterocycles. The first-order valence-electron chi connectivity index (χ1n) is 15.1. The highest BCUT2D eigenvalue weighted by Gasteiger charge is 2.10. The lowest BCUT2D eigenvalue weighted by atomic mass is 10.0. The second kappa shape index (κ2) is 15.4. The molecule has 0 N–H and O–H groups in total. The number of hydrogen-bond acceptors (Lipinski definition) is 0. The Bertz CT molecular complexity index is 1870. The third kappa shape index (κ3) is 9.04. The Morgan fingerprint density at radius 3 is 1.02 bits per heavy atom. The largest absolute Gasteiger partial charge is 0.207 e. The van der Waals surface area contributed by atoms with Crippen LogP contribution in [0.1, 0.15) is 33.4 Å². The van der Waals surface area contributed by atoms with Gasteiger partial charge in [0, 0.05) is 16.7 Å². The molecule has 0 spiro atoms. The van der Waals surface area contributed by atoms with E-state index in [-0.39, 0.29) is 23.3 Å². The molecule has 4 heteroatoms. The second-order valence-electron chi connectivity index (χ2n) is 11.6. The summed E-state index contributed by atoms with van der Waals surface area (Å²) in [6, 6.07) is 36.2. The lowest BCUT2D eigenvalue weighted by molar-refractivity contribution is 0.615. The molecule has 0 unspecified atom stereocenters. The van der Waals surface area contributed by atoms with Crippen molar-refractivity contribution in [1.82, 2.24) is 0 Å². The van der Waals surface area contributed by atoms with Crippen LogP contribution in [0.3, 0.4) is 0 Å². The number of halogens is 4. The van der Waals surface area contributed by atoms with Crippen LogP contribution in [0.25, 0.3) is 33.4 Å². The zero-order valence-electron chi connectivity index (χ0n) is 27.1. The Balaban J connectivity index is 0.000000157.